The number of unbranched alkanes of at least 4 members (excludes halogenated alkanes) is 1. The molecule has 36 heavy (non-hydrogen) atoms. The van der Waals surface area contributed by atoms with Gasteiger partial charge in [-0.2, -0.15) is 0 Å². The fourth-order valence-corrected chi connectivity index (χ4v) is 4.82. The quantitative estimate of drug-likeness (QED) is 0.342. The van der Waals surface area contributed by atoms with Crippen LogP contribution in [0.2, 0.25) is 0 Å². The zero-order chi connectivity index (χ0) is 25.9. The zero-order valence-corrected chi connectivity index (χ0v) is 21.9. The molecule has 0 fully saturated rings. The molecule has 8 heteroatoms. The van der Waals surface area contributed by atoms with Crippen molar-refractivity contribution >= 4 is 27.0 Å². The fourth-order valence-electron chi connectivity index (χ4n) is 4.37. The minimum atomic E-state index is -3.66. The normalized spacial score (nSPS) is 11.6. The van der Waals surface area contributed by atoms with E-state index in [0.717, 1.165) is 64.8 Å². The number of fused-ring (bicyclic) bond motifs is 1. The van der Waals surface area contributed by atoms with Crippen LogP contribution in [0.1, 0.15) is 47.1 Å². The maximum absolute atomic E-state index is 12.6. The number of hydrogen-bond acceptors (Lipinski definition) is 5. The summed E-state index contributed by atoms with van der Waals surface area (Å²) in [6.45, 7) is 4.87. The van der Waals surface area contributed by atoms with E-state index in [9.17, 15) is 13.2 Å². The monoisotopic (exact) mass is 505 g/mol. The van der Waals surface area contributed by atoms with Crippen LogP contribution in [0.3, 0.4) is 0 Å². The molecule has 1 aromatic heterocycles. The van der Waals surface area contributed by atoms with Crippen LogP contribution in [-0.2, 0) is 23.0 Å². The number of imidazole rings is 1. The Morgan fingerprint density at radius 3 is 2.44 bits per heavy atom. The second-order valence-electron chi connectivity index (χ2n) is 8.95. The molecular weight excluding hydrogens is 474 g/mol. The van der Waals surface area contributed by atoms with Gasteiger partial charge in [0.15, 0.2) is 0 Å². The summed E-state index contributed by atoms with van der Waals surface area (Å²) in [6, 6.07) is 19.0. The molecule has 0 spiro atoms. The van der Waals surface area contributed by atoms with Crippen molar-refractivity contribution < 1.29 is 17.9 Å². The number of aromatic nitrogens is 2. The molecule has 0 radical (unpaired) electrons. The van der Waals surface area contributed by atoms with Crippen molar-refractivity contribution in [3.05, 3.63) is 83.2 Å². The Balaban J connectivity index is 1.70. The summed E-state index contributed by atoms with van der Waals surface area (Å²) in [5, 5.41) is 0. The average Bonchev–Trinajstić information content (AvgIpc) is 3.21. The van der Waals surface area contributed by atoms with E-state index < -0.39 is 15.9 Å². The van der Waals surface area contributed by atoms with E-state index in [0.29, 0.717) is 17.7 Å². The third kappa shape index (κ3) is 5.44. The van der Waals surface area contributed by atoms with Crippen LogP contribution in [0.4, 0.5) is 0 Å². The van der Waals surface area contributed by atoms with Gasteiger partial charge in [-0.25, -0.2) is 18.1 Å². The largest absolute Gasteiger partial charge is 0.494 e. The fraction of sp³-hybridized carbons (Fsp3) is 0.286. The molecular formula is C28H31N3O4S. The summed E-state index contributed by atoms with van der Waals surface area (Å²) >= 11 is 0. The molecule has 3 aromatic carbocycles. The first-order valence-electron chi connectivity index (χ1n) is 11.9. The van der Waals surface area contributed by atoms with Gasteiger partial charge in [0, 0.05) is 18.5 Å². The van der Waals surface area contributed by atoms with Gasteiger partial charge in [-0.3, -0.25) is 4.79 Å². The first-order valence-corrected chi connectivity index (χ1v) is 13.8. The number of rotatable bonds is 9. The molecule has 0 saturated heterocycles. The minimum absolute atomic E-state index is 0.304. The highest BCUT2D eigenvalue weighted by Crippen LogP contribution is 2.31. The first kappa shape index (κ1) is 25.4. The van der Waals surface area contributed by atoms with Gasteiger partial charge in [-0.15, -0.1) is 0 Å². The van der Waals surface area contributed by atoms with Gasteiger partial charge in [0.25, 0.3) is 5.91 Å². The van der Waals surface area contributed by atoms with Crippen molar-refractivity contribution in [1.82, 2.24) is 14.3 Å². The smallest absolute Gasteiger partial charge is 0.265 e. The van der Waals surface area contributed by atoms with Crippen molar-refractivity contribution in [1.29, 1.82) is 0 Å². The SMILES string of the molecule is CCCCc1nc2c(C)ccc(OC)c2n1Cc1ccc(-c2ccccc2C(=O)NS(C)(=O)=O)cc1. The van der Waals surface area contributed by atoms with Crippen molar-refractivity contribution in [3.63, 3.8) is 0 Å². The van der Waals surface area contributed by atoms with Crippen LogP contribution >= 0.6 is 0 Å². The van der Waals surface area contributed by atoms with Crippen LogP contribution < -0.4 is 9.46 Å². The predicted molar refractivity (Wildman–Crippen MR) is 143 cm³/mol. The summed E-state index contributed by atoms with van der Waals surface area (Å²) < 4.78 is 33.1. The first-order chi connectivity index (χ1) is 17.2. The summed E-state index contributed by atoms with van der Waals surface area (Å²) in [4.78, 5) is 17.5. The Bertz CT molecular complexity index is 1510. The Kier molecular flexibility index (Phi) is 7.45. The number of carbonyl (C=O) groups is 1. The van der Waals surface area contributed by atoms with Gasteiger partial charge in [0.05, 0.1) is 18.9 Å². The molecule has 1 heterocycles. The van der Waals surface area contributed by atoms with Crippen molar-refractivity contribution in [2.45, 2.75) is 39.7 Å². The standard InChI is InChI=1S/C28H31N3O4S/c1-5-6-11-25-29-26-19(2)12-17-24(35-3)27(26)31(25)18-20-13-15-21(16-14-20)22-9-7-8-10-23(22)28(32)30-36(4,33)34/h7-10,12-17H,5-6,11,18H2,1-4H3,(H,30,32). The summed E-state index contributed by atoms with van der Waals surface area (Å²) in [7, 11) is -1.98. The van der Waals surface area contributed by atoms with Crippen molar-refractivity contribution in [3.8, 4) is 16.9 Å². The average molecular weight is 506 g/mol. The van der Waals surface area contributed by atoms with Gasteiger partial charge >= 0.3 is 0 Å². The third-order valence-electron chi connectivity index (χ3n) is 6.17. The number of sulfonamides is 1. The maximum atomic E-state index is 12.6. The number of benzene rings is 3. The number of ether oxygens (including phenoxy) is 1. The molecule has 188 valence electrons. The lowest BCUT2D eigenvalue weighted by Crippen LogP contribution is -2.29. The van der Waals surface area contributed by atoms with Crippen LogP contribution in [0.25, 0.3) is 22.2 Å². The van der Waals surface area contributed by atoms with E-state index in [4.69, 9.17) is 9.72 Å². The van der Waals surface area contributed by atoms with E-state index in [1.807, 2.05) is 48.5 Å². The lowest BCUT2D eigenvalue weighted by molar-refractivity contribution is 0.0982. The number of nitrogens with zero attached hydrogens (tertiary/aromatic N) is 2. The number of carbonyl (C=O) groups excluding carboxylic acids is 1. The summed E-state index contributed by atoms with van der Waals surface area (Å²) in [5.74, 6) is 1.18. The van der Waals surface area contributed by atoms with E-state index in [1.165, 1.54) is 0 Å². The number of aryl methyl sites for hydroxylation is 2. The zero-order valence-electron chi connectivity index (χ0n) is 21.0. The Hall–Kier alpha value is -3.65. The molecule has 4 rings (SSSR count). The third-order valence-corrected chi connectivity index (χ3v) is 6.72. The minimum Gasteiger partial charge on any atom is -0.494 e. The van der Waals surface area contributed by atoms with E-state index in [-0.39, 0.29) is 0 Å². The lowest BCUT2D eigenvalue weighted by atomic mass is 9.98. The highest BCUT2D eigenvalue weighted by atomic mass is 32.2. The van der Waals surface area contributed by atoms with Crippen LogP contribution in [0.5, 0.6) is 5.75 Å². The molecule has 1 amide bonds. The molecule has 1 N–H and O–H groups in total. The molecule has 0 unspecified atom stereocenters. The Morgan fingerprint density at radius 1 is 1.06 bits per heavy atom. The van der Waals surface area contributed by atoms with Gasteiger partial charge in [0.2, 0.25) is 10.0 Å². The number of amides is 1. The van der Waals surface area contributed by atoms with Crippen LogP contribution in [0.15, 0.2) is 60.7 Å². The second-order valence-corrected chi connectivity index (χ2v) is 10.7. The van der Waals surface area contributed by atoms with Crippen molar-refractivity contribution in [2.24, 2.45) is 0 Å². The molecule has 0 aliphatic carbocycles. The van der Waals surface area contributed by atoms with Gasteiger partial charge in [-0.1, -0.05) is 61.9 Å². The molecule has 0 aliphatic rings. The lowest BCUT2D eigenvalue weighted by Gasteiger charge is -2.13. The molecule has 0 bridgehead atoms. The predicted octanol–water partition coefficient (Wildman–Crippen LogP) is 5.10. The van der Waals surface area contributed by atoms with Crippen LogP contribution in [0, 0.1) is 6.92 Å². The topological polar surface area (TPSA) is 90.3 Å². The van der Waals surface area contributed by atoms with Gasteiger partial charge < -0.3 is 9.30 Å². The van der Waals surface area contributed by atoms with E-state index >= 15 is 0 Å². The number of hydrogen-bond donors (Lipinski definition) is 1. The van der Waals surface area contributed by atoms with Gasteiger partial charge in [0.1, 0.15) is 17.1 Å². The summed E-state index contributed by atoms with van der Waals surface area (Å²) in [5.41, 5.74) is 5.95. The Morgan fingerprint density at radius 2 is 1.78 bits per heavy atom. The second kappa shape index (κ2) is 10.5. The maximum Gasteiger partial charge on any atom is 0.265 e. The molecule has 0 atom stereocenters. The summed E-state index contributed by atoms with van der Waals surface area (Å²) in [6.07, 6.45) is 3.98. The van der Waals surface area contributed by atoms with E-state index in [1.54, 1.807) is 19.2 Å². The molecule has 7 nitrogen and oxygen atoms in total. The highest BCUT2D eigenvalue weighted by molar-refractivity contribution is 7.89. The molecule has 4 aromatic rings. The van der Waals surface area contributed by atoms with Crippen LogP contribution in [-0.4, -0.2) is 37.2 Å². The number of nitrogens with one attached hydrogen (secondary N) is 1. The highest BCUT2D eigenvalue weighted by Gasteiger charge is 2.18. The number of methoxy groups -OCH3 is 1. The van der Waals surface area contributed by atoms with Crippen molar-refractivity contribution in [2.75, 3.05) is 13.4 Å². The van der Waals surface area contributed by atoms with E-state index in [2.05, 4.69) is 23.1 Å². The van der Waals surface area contributed by atoms with Gasteiger partial charge in [-0.05, 0) is 47.7 Å². The molecule has 0 saturated carbocycles. The Labute approximate surface area is 212 Å². The molecule has 0 aliphatic heterocycles.